The Morgan fingerprint density at radius 1 is 1.03 bits per heavy atom. The number of rotatable bonds is 5. The summed E-state index contributed by atoms with van der Waals surface area (Å²) >= 11 is 0. The predicted octanol–water partition coefficient (Wildman–Crippen LogP) is 5.78. The van der Waals surface area contributed by atoms with Gasteiger partial charge in [0.2, 0.25) is 0 Å². The average Bonchev–Trinajstić information content (AvgIpc) is 3.32. The van der Waals surface area contributed by atoms with Gasteiger partial charge in [0.15, 0.2) is 0 Å². The highest BCUT2D eigenvalue weighted by Gasteiger charge is 2.29. The number of alkyl carbamates (subject to hydrolysis) is 1. The summed E-state index contributed by atoms with van der Waals surface area (Å²) in [6.07, 6.45) is 1.93. The number of ether oxygens (including phenoxy) is 1. The van der Waals surface area contributed by atoms with Crippen LogP contribution in [-0.4, -0.2) is 23.7 Å². The Labute approximate surface area is 180 Å². The standard InChI is InChI=1S/C26H23FN2O2/c1-16(13-17-14-28-25-18(17)11-6-12-24(25)27)29-26(30)31-15-23-21-9-4-2-7-19(21)20-8-3-5-10-22(20)23/h2-12,14,16,23,28H,13,15H2,1H3,(H,29,30). The van der Waals surface area contributed by atoms with Crippen molar-refractivity contribution < 1.29 is 13.9 Å². The highest BCUT2D eigenvalue weighted by atomic mass is 19.1. The van der Waals surface area contributed by atoms with Crippen molar-refractivity contribution >= 4 is 17.0 Å². The van der Waals surface area contributed by atoms with Gasteiger partial charge in [0.25, 0.3) is 0 Å². The number of nitrogens with one attached hydrogen (secondary N) is 2. The molecule has 1 atom stereocenters. The van der Waals surface area contributed by atoms with Gasteiger partial charge in [0.1, 0.15) is 12.4 Å². The van der Waals surface area contributed by atoms with E-state index < -0.39 is 6.09 Å². The van der Waals surface area contributed by atoms with Gasteiger partial charge in [-0.3, -0.25) is 0 Å². The molecule has 5 heteroatoms. The molecule has 0 saturated heterocycles. The molecule has 5 rings (SSSR count). The highest BCUT2D eigenvalue weighted by molar-refractivity contribution is 5.84. The molecule has 0 bridgehead atoms. The summed E-state index contributed by atoms with van der Waals surface area (Å²) < 4.78 is 19.5. The maximum absolute atomic E-state index is 13.9. The molecule has 3 aromatic carbocycles. The van der Waals surface area contributed by atoms with Crippen LogP contribution in [0.15, 0.2) is 72.9 Å². The Morgan fingerprint density at radius 2 is 1.71 bits per heavy atom. The fourth-order valence-corrected chi connectivity index (χ4v) is 4.57. The van der Waals surface area contributed by atoms with E-state index in [1.54, 1.807) is 12.3 Å². The van der Waals surface area contributed by atoms with Crippen LogP contribution in [0.4, 0.5) is 9.18 Å². The molecule has 4 nitrogen and oxygen atoms in total. The molecule has 0 radical (unpaired) electrons. The summed E-state index contributed by atoms with van der Waals surface area (Å²) in [7, 11) is 0. The molecule has 0 aliphatic heterocycles. The number of fused-ring (bicyclic) bond motifs is 4. The number of hydrogen-bond donors (Lipinski definition) is 2. The van der Waals surface area contributed by atoms with Gasteiger partial charge in [-0.1, -0.05) is 60.7 Å². The third kappa shape index (κ3) is 3.56. The van der Waals surface area contributed by atoms with E-state index in [4.69, 9.17) is 4.74 Å². The van der Waals surface area contributed by atoms with Crippen molar-refractivity contribution in [1.29, 1.82) is 0 Å². The van der Waals surface area contributed by atoms with Gasteiger partial charge < -0.3 is 15.0 Å². The van der Waals surface area contributed by atoms with Crippen molar-refractivity contribution in [3.8, 4) is 11.1 Å². The van der Waals surface area contributed by atoms with Gasteiger partial charge in [-0.15, -0.1) is 0 Å². The molecule has 31 heavy (non-hydrogen) atoms. The number of benzene rings is 3. The number of carbonyl (C=O) groups is 1. The minimum absolute atomic E-state index is 0.0325. The quantitative estimate of drug-likeness (QED) is 0.435. The molecule has 156 valence electrons. The summed E-state index contributed by atoms with van der Waals surface area (Å²) in [5, 5.41) is 3.74. The number of carbonyl (C=O) groups excluding carboxylic acids is 1. The van der Waals surface area contributed by atoms with Crippen molar-refractivity contribution in [2.45, 2.75) is 25.3 Å². The molecule has 1 aliphatic rings. The van der Waals surface area contributed by atoms with E-state index in [1.165, 1.54) is 28.3 Å². The number of H-pyrrole nitrogens is 1. The number of aromatic amines is 1. The van der Waals surface area contributed by atoms with Crippen LogP contribution in [-0.2, 0) is 11.2 Å². The number of amides is 1. The number of hydrogen-bond acceptors (Lipinski definition) is 2. The van der Waals surface area contributed by atoms with Crippen molar-refractivity contribution in [1.82, 2.24) is 10.3 Å². The third-order valence-electron chi connectivity index (χ3n) is 5.98. The minimum Gasteiger partial charge on any atom is -0.449 e. The highest BCUT2D eigenvalue weighted by Crippen LogP contribution is 2.44. The maximum Gasteiger partial charge on any atom is 0.407 e. The van der Waals surface area contributed by atoms with Crippen molar-refractivity contribution in [3.63, 3.8) is 0 Å². The second-order valence-corrected chi connectivity index (χ2v) is 8.05. The Balaban J connectivity index is 1.24. The molecule has 1 aliphatic carbocycles. The lowest BCUT2D eigenvalue weighted by molar-refractivity contribution is 0.139. The summed E-state index contributed by atoms with van der Waals surface area (Å²) in [4.78, 5) is 15.5. The number of aromatic nitrogens is 1. The molecule has 4 aromatic rings. The second kappa shape index (κ2) is 7.91. The van der Waals surface area contributed by atoms with E-state index in [0.29, 0.717) is 11.9 Å². The zero-order chi connectivity index (χ0) is 21.4. The molecule has 0 spiro atoms. The Hall–Kier alpha value is -3.60. The lowest BCUT2D eigenvalue weighted by Crippen LogP contribution is -2.35. The second-order valence-electron chi connectivity index (χ2n) is 8.05. The van der Waals surface area contributed by atoms with Crippen molar-refractivity contribution in [2.75, 3.05) is 6.61 Å². The van der Waals surface area contributed by atoms with Crippen molar-refractivity contribution in [2.24, 2.45) is 0 Å². The lowest BCUT2D eigenvalue weighted by Gasteiger charge is -2.17. The van der Waals surface area contributed by atoms with Gasteiger partial charge in [0, 0.05) is 23.5 Å². The molecule has 1 heterocycles. The van der Waals surface area contributed by atoms with Crippen LogP contribution >= 0.6 is 0 Å². The van der Waals surface area contributed by atoms with E-state index in [2.05, 4.69) is 34.6 Å². The fourth-order valence-electron chi connectivity index (χ4n) is 4.57. The summed E-state index contributed by atoms with van der Waals surface area (Å²) in [6.45, 7) is 2.20. The first-order valence-electron chi connectivity index (χ1n) is 10.5. The first-order chi connectivity index (χ1) is 15.1. The van der Waals surface area contributed by atoms with Gasteiger partial charge in [-0.25, -0.2) is 9.18 Å². The number of para-hydroxylation sites is 1. The number of halogens is 1. The van der Waals surface area contributed by atoms with Crippen LogP contribution in [0.5, 0.6) is 0 Å². The van der Waals surface area contributed by atoms with Gasteiger partial charge in [-0.05, 0) is 47.2 Å². The monoisotopic (exact) mass is 414 g/mol. The topological polar surface area (TPSA) is 54.1 Å². The molecule has 1 aromatic heterocycles. The molecular weight excluding hydrogens is 391 g/mol. The zero-order valence-corrected chi connectivity index (χ0v) is 17.2. The Morgan fingerprint density at radius 3 is 2.42 bits per heavy atom. The van der Waals surface area contributed by atoms with Gasteiger partial charge in [-0.2, -0.15) is 0 Å². The normalized spacial score (nSPS) is 13.6. The minimum atomic E-state index is -0.444. The van der Waals surface area contributed by atoms with Crippen LogP contribution in [0.25, 0.3) is 22.0 Å². The first-order valence-corrected chi connectivity index (χ1v) is 10.5. The van der Waals surface area contributed by atoms with E-state index in [1.807, 2.05) is 37.3 Å². The first kappa shape index (κ1) is 19.4. The van der Waals surface area contributed by atoms with E-state index >= 15 is 0 Å². The zero-order valence-electron chi connectivity index (χ0n) is 17.2. The van der Waals surface area contributed by atoms with Gasteiger partial charge >= 0.3 is 6.09 Å². The molecule has 0 saturated carbocycles. The van der Waals surface area contributed by atoms with Crippen LogP contribution in [0.1, 0.15) is 29.5 Å². The maximum atomic E-state index is 13.9. The van der Waals surface area contributed by atoms with E-state index in [0.717, 1.165) is 10.9 Å². The SMILES string of the molecule is CC(Cc1c[nH]c2c(F)cccc12)NC(=O)OCC1c2ccccc2-c2ccccc21. The van der Waals surface area contributed by atoms with Crippen LogP contribution in [0.3, 0.4) is 0 Å². The van der Waals surface area contributed by atoms with Crippen molar-refractivity contribution in [3.05, 3.63) is 95.4 Å². The third-order valence-corrected chi connectivity index (χ3v) is 5.98. The van der Waals surface area contributed by atoms with Gasteiger partial charge in [0.05, 0.1) is 5.52 Å². The van der Waals surface area contributed by atoms with E-state index in [-0.39, 0.29) is 24.4 Å². The smallest absolute Gasteiger partial charge is 0.407 e. The predicted molar refractivity (Wildman–Crippen MR) is 120 cm³/mol. The van der Waals surface area contributed by atoms with Crippen LogP contribution in [0.2, 0.25) is 0 Å². The average molecular weight is 414 g/mol. The fraction of sp³-hybridized carbons (Fsp3) is 0.192. The summed E-state index contributed by atoms with van der Waals surface area (Å²) in [5.74, 6) is -0.244. The molecular formula is C26H23FN2O2. The Bertz CT molecular complexity index is 1220. The largest absolute Gasteiger partial charge is 0.449 e. The molecule has 2 N–H and O–H groups in total. The summed E-state index contributed by atoms with van der Waals surface area (Å²) in [5.41, 5.74) is 6.22. The van der Waals surface area contributed by atoms with Crippen LogP contribution < -0.4 is 5.32 Å². The summed E-state index contributed by atoms with van der Waals surface area (Å²) in [6, 6.07) is 21.4. The lowest BCUT2D eigenvalue weighted by atomic mass is 9.98. The molecule has 1 unspecified atom stereocenters. The Kier molecular flexibility index (Phi) is 4.94. The molecule has 1 amide bonds. The van der Waals surface area contributed by atoms with Crippen LogP contribution in [0, 0.1) is 5.82 Å². The van der Waals surface area contributed by atoms with E-state index in [9.17, 15) is 9.18 Å². The molecule has 0 fully saturated rings.